The number of rotatable bonds is 7. The highest BCUT2D eigenvalue weighted by Crippen LogP contribution is 2.32. The molecule has 21 heavy (non-hydrogen) atoms. The van der Waals surface area contributed by atoms with Crippen LogP contribution in [0, 0.1) is 6.92 Å². The van der Waals surface area contributed by atoms with Crippen molar-refractivity contribution in [2.75, 3.05) is 25.5 Å². The number of ether oxygens (including phenoxy) is 1. The van der Waals surface area contributed by atoms with Gasteiger partial charge in [0.2, 0.25) is 0 Å². The van der Waals surface area contributed by atoms with Crippen molar-refractivity contribution in [1.82, 2.24) is 10.3 Å². The normalized spacial score (nSPS) is 11.0. The maximum Gasteiger partial charge on any atom is 0.263 e. The number of nitrogens with one attached hydrogen (secondary N) is 1. The van der Waals surface area contributed by atoms with Gasteiger partial charge in [-0.25, -0.2) is 4.98 Å². The van der Waals surface area contributed by atoms with Crippen LogP contribution < -0.4 is 11.1 Å². The van der Waals surface area contributed by atoms with Crippen molar-refractivity contribution >= 4 is 33.1 Å². The van der Waals surface area contributed by atoms with Gasteiger partial charge < -0.3 is 15.8 Å². The minimum atomic E-state index is -0.136. The zero-order valence-corrected chi connectivity index (χ0v) is 13.3. The van der Waals surface area contributed by atoms with Crippen molar-refractivity contribution in [3.8, 4) is 0 Å². The van der Waals surface area contributed by atoms with Crippen molar-refractivity contribution in [3.63, 3.8) is 0 Å². The molecule has 0 fully saturated rings. The fraction of sp³-hybridized carbons (Fsp3) is 0.467. The van der Waals surface area contributed by atoms with E-state index in [0.717, 1.165) is 35.4 Å². The summed E-state index contributed by atoms with van der Waals surface area (Å²) in [6.45, 7) is 6.01. The molecule has 2 aromatic heterocycles. The summed E-state index contributed by atoms with van der Waals surface area (Å²) in [6.07, 6.45) is 1.81. The van der Waals surface area contributed by atoms with E-state index in [-0.39, 0.29) is 5.91 Å². The topological polar surface area (TPSA) is 77.2 Å². The first-order chi connectivity index (χ1) is 10.1. The molecule has 3 N–H and O–H groups in total. The van der Waals surface area contributed by atoms with E-state index >= 15 is 0 Å². The Bertz CT molecular complexity index is 625. The van der Waals surface area contributed by atoms with Gasteiger partial charge in [0, 0.05) is 30.8 Å². The first kappa shape index (κ1) is 15.7. The van der Waals surface area contributed by atoms with Crippen LogP contribution in [0.25, 0.3) is 10.2 Å². The van der Waals surface area contributed by atoms with E-state index in [1.165, 1.54) is 11.3 Å². The van der Waals surface area contributed by atoms with Crippen molar-refractivity contribution in [1.29, 1.82) is 0 Å². The Morgan fingerprint density at radius 1 is 1.43 bits per heavy atom. The summed E-state index contributed by atoms with van der Waals surface area (Å²) in [5, 5.41) is 3.73. The number of aromatic nitrogens is 1. The standard InChI is InChI=1S/C15H21N3O2S/c1-3-8-20-9-4-7-17-14(19)13-12(16)11-6-5-10(2)18-15(11)21-13/h5-6H,3-4,7-9,16H2,1-2H3,(H,17,19). The molecular weight excluding hydrogens is 286 g/mol. The molecule has 0 atom stereocenters. The molecule has 0 aromatic carbocycles. The SMILES string of the molecule is CCCOCCCNC(=O)c1sc2nc(C)ccc2c1N. The van der Waals surface area contributed by atoms with E-state index in [9.17, 15) is 4.79 Å². The van der Waals surface area contributed by atoms with Gasteiger partial charge in [0.1, 0.15) is 9.71 Å². The van der Waals surface area contributed by atoms with Crippen molar-refractivity contribution < 1.29 is 9.53 Å². The third kappa shape index (κ3) is 3.92. The average Bonchev–Trinajstić information content (AvgIpc) is 2.79. The molecule has 0 spiro atoms. The lowest BCUT2D eigenvalue weighted by molar-refractivity contribution is 0.0946. The second-order valence-electron chi connectivity index (χ2n) is 4.87. The highest BCUT2D eigenvalue weighted by Gasteiger charge is 2.16. The Morgan fingerprint density at radius 3 is 3.00 bits per heavy atom. The van der Waals surface area contributed by atoms with Gasteiger partial charge in [-0.05, 0) is 31.9 Å². The predicted molar refractivity (Wildman–Crippen MR) is 86.8 cm³/mol. The molecule has 0 bridgehead atoms. The molecule has 0 saturated heterocycles. The molecule has 0 radical (unpaired) electrons. The third-order valence-corrected chi connectivity index (χ3v) is 4.15. The molecule has 0 aliphatic rings. The van der Waals surface area contributed by atoms with E-state index in [1.807, 2.05) is 19.1 Å². The summed E-state index contributed by atoms with van der Waals surface area (Å²) < 4.78 is 5.37. The maximum atomic E-state index is 12.2. The van der Waals surface area contributed by atoms with Gasteiger partial charge >= 0.3 is 0 Å². The Morgan fingerprint density at radius 2 is 2.24 bits per heavy atom. The quantitative estimate of drug-likeness (QED) is 0.771. The summed E-state index contributed by atoms with van der Waals surface area (Å²) in [7, 11) is 0. The van der Waals surface area contributed by atoms with Gasteiger partial charge in [0.25, 0.3) is 5.91 Å². The minimum Gasteiger partial charge on any atom is -0.397 e. The van der Waals surface area contributed by atoms with Gasteiger partial charge in [0.05, 0.1) is 5.69 Å². The molecule has 0 aliphatic carbocycles. The van der Waals surface area contributed by atoms with E-state index in [2.05, 4.69) is 17.2 Å². The van der Waals surface area contributed by atoms with Crippen molar-refractivity contribution in [2.24, 2.45) is 0 Å². The second-order valence-corrected chi connectivity index (χ2v) is 5.87. The Kier molecular flexibility index (Phi) is 5.52. The van der Waals surface area contributed by atoms with Crippen molar-refractivity contribution in [2.45, 2.75) is 26.7 Å². The van der Waals surface area contributed by atoms with Crippen LogP contribution in [0.2, 0.25) is 0 Å². The average molecular weight is 307 g/mol. The number of carbonyl (C=O) groups excluding carboxylic acids is 1. The molecule has 5 nitrogen and oxygen atoms in total. The van der Waals surface area contributed by atoms with Crippen LogP contribution >= 0.6 is 11.3 Å². The van der Waals surface area contributed by atoms with Crippen LogP contribution in [-0.2, 0) is 4.74 Å². The van der Waals surface area contributed by atoms with Crippen LogP contribution in [0.5, 0.6) is 0 Å². The Balaban J connectivity index is 1.95. The van der Waals surface area contributed by atoms with Gasteiger partial charge in [-0.3, -0.25) is 4.79 Å². The highest BCUT2D eigenvalue weighted by atomic mass is 32.1. The molecule has 6 heteroatoms. The second kappa shape index (κ2) is 7.38. The van der Waals surface area contributed by atoms with Gasteiger partial charge in [-0.2, -0.15) is 0 Å². The number of hydrogen-bond donors (Lipinski definition) is 2. The number of fused-ring (bicyclic) bond motifs is 1. The lowest BCUT2D eigenvalue weighted by Gasteiger charge is -2.05. The molecule has 2 aromatic rings. The van der Waals surface area contributed by atoms with E-state index in [1.54, 1.807) is 0 Å². The van der Waals surface area contributed by atoms with E-state index in [4.69, 9.17) is 10.5 Å². The zero-order chi connectivity index (χ0) is 15.2. The molecule has 2 rings (SSSR count). The molecule has 2 heterocycles. The first-order valence-corrected chi connectivity index (χ1v) is 7.96. The fourth-order valence-corrected chi connectivity index (χ4v) is 3.02. The number of nitrogens with two attached hydrogens (primary N) is 1. The highest BCUT2D eigenvalue weighted by molar-refractivity contribution is 7.21. The monoisotopic (exact) mass is 307 g/mol. The predicted octanol–water partition coefficient (Wildman–Crippen LogP) is 2.73. The minimum absolute atomic E-state index is 0.136. The number of thiophene rings is 1. The van der Waals surface area contributed by atoms with Crippen LogP contribution in [0.4, 0.5) is 5.69 Å². The summed E-state index contributed by atoms with van der Waals surface area (Å²) in [5.74, 6) is -0.136. The number of nitrogen functional groups attached to an aromatic ring is 1. The van der Waals surface area contributed by atoms with Gasteiger partial charge in [-0.1, -0.05) is 6.92 Å². The number of pyridine rings is 1. The Hall–Kier alpha value is -1.66. The van der Waals surface area contributed by atoms with Crippen molar-refractivity contribution in [3.05, 3.63) is 22.7 Å². The summed E-state index contributed by atoms with van der Waals surface area (Å²) in [4.78, 5) is 17.9. The number of amides is 1. The molecule has 114 valence electrons. The maximum absolute atomic E-state index is 12.2. The molecule has 0 unspecified atom stereocenters. The molecule has 1 amide bonds. The van der Waals surface area contributed by atoms with Crippen LogP contribution in [0.1, 0.15) is 35.1 Å². The number of nitrogens with zero attached hydrogens (tertiary/aromatic N) is 1. The number of anilines is 1. The summed E-state index contributed by atoms with van der Waals surface area (Å²) in [6, 6.07) is 3.82. The smallest absolute Gasteiger partial charge is 0.263 e. The van der Waals surface area contributed by atoms with E-state index < -0.39 is 0 Å². The first-order valence-electron chi connectivity index (χ1n) is 7.15. The lowest BCUT2D eigenvalue weighted by Crippen LogP contribution is -2.25. The van der Waals surface area contributed by atoms with Gasteiger partial charge in [0.15, 0.2) is 0 Å². The number of aryl methyl sites for hydroxylation is 1. The van der Waals surface area contributed by atoms with Crippen LogP contribution in [-0.4, -0.2) is 30.6 Å². The number of carbonyl (C=O) groups is 1. The fourth-order valence-electron chi connectivity index (χ4n) is 1.96. The van der Waals surface area contributed by atoms with E-state index in [0.29, 0.717) is 23.7 Å². The molecule has 0 aliphatic heterocycles. The summed E-state index contributed by atoms with van der Waals surface area (Å²) in [5.41, 5.74) is 7.48. The number of hydrogen-bond acceptors (Lipinski definition) is 5. The Labute approximate surface area is 128 Å². The molecular formula is C15H21N3O2S. The van der Waals surface area contributed by atoms with Crippen LogP contribution in [0.15, 0.2) is 12.1 Å². The van der Waals surface area contributed by atoms with Crippen LogP contribution in [0.3, 0.4) is 0 Å². The zero-order valence-electron chi connectivity index (χ0n) is 12.4. The lowest BCUT2D eigenvalue weighted by atomic mass is 10.2. The molecule has 0 saturated carbocycles. The van der Waals surface area contributed by atoms with Gasteiger partial charge in [-0.15, -0.1) is 11.3 Å². The third-order valence-electron chi connectivity index (χ3n) is 3.04. The largest absolute Gasteiger partial charge is 0.397 e. The summed E-state index contributed by atoms with van der Waals surface area (Å²) >= 11 is 1.34.